The van der Waals surface area contributed by atoms with Gasteiger partial charge in [0.05, 0.1) is 13.7 Å². The lowest BCUT2D eigenvalue weighted by Gasteiger charge is -2.39. The quantitative estimate of drug-likeness (QED) is 0.630. The van der Waals surface area contributed by atoms with Crippen molar-refractivity contribution in [1.29, 1.82) is 0 Å². The van der Waals surface area contributed by atoms with Crippen LogP contribution in [-0.4, -0.2) is 59.4 Å². The van der Waals surface area contributed by atoms with E-state index in [2.05, 4.69) is 17.0 Å². The summed E-state index contributed by atoms with van der Waals surface area (Å²) in [6.07, 6.45) is 2.43. The summed E-state index contributed by atoms with van der Waals surface area (Å²) in [6.45, 7) is 9.03. The summed E-state index contributed by atoms with van der Waals surface area (Å²) in [6, 6.07) is 16.4. The Morgan fingerprint density at radius 1 is 1.09 bits per heavy atom. The highest BCUT2D eigenvalue weighted by Crippen LogP contribution is 2.24. The maximum Gasteiger partial charge on any atom is 0.410 e. The van der Waals surface area contributed by atoms with E-state index in [1.54, 1.807) is 7.11 Å². The smallest absolute Gasteiger partial charge is 0.410 e. The lowest BCUT2D eigenvalue weighted by Crippen LogP contribution is -2.49. The van der Waals surface area contributed by atoms with Crippen LogP contribution in [0.2, 0.25) is 0 Å². The molecule has 0 spiro atoms. The minimum absolute atomic E-state index is 0.0294. The molecule has 0 unspecified atom stereocenters. The van der Waals surface area contributed by atoms with E-state index in [4.69, 9.17) is 9.47 Å². The van der Waals surface area contributed by atoms with E-state index >= 15 is 0 Å². The van der Waals surface area contributed by atoms with E-state index in [0.717, 1.165) is 55.8 Å². The molecule has 1 fully saturated rings. The first-order valence-corrected chi connectivity index (χ1v) is 11.8. The molecule has 3 rings (SSSR count). The Labute approximate surface area is 198 Å². The SMILES string of the molecule is COc1cc(CN2CCC(N(CCc3ccccc3)C(=O)OC(C)(C)C)CC2)ccc1CO. The van der Waals surface area contributed by atoms with Crippen LogP contribution in [0.1, 0.15) is 50.3 Å². The Morgan fingerprint density at radius 3 is 2.39 bits per heavy atom. The summed E-state index contributed by atoms with van der Waals surface area (Å²) < 4.78 is 11.2. The third-order valence-electron chi connectivity index (χ3n) is 6.04. The van der Waals surface area contributed by atoms with Gasteiger partial charge in [-0.05, 0) is 57.2 Å². The predicted octanol–water partition coefficient (Wildman–Crippen LogP) is 4.63. The number of amides is 1. The zero-order valence-corrected chi connectivity index (χ0v) is 20.4. The second-order valence-electron chi connectivity index (χ2n) is 9.72. The van der Waals surface area contributed by atoms with Crippen LogP contribution in [0.5, 0.6) is 5.75 Å². The average Bonchev–Trinajstić information content (AvgIpc) is 2.79. The normalized spacial score (nSPS) is 15.3. The standard InChI is InChI=1S/C27H38N2O4/c1-27(2,3)33-26(31)29(17-12-21-8-6-5-7-9-21)24-13-15-28(16-14-24)19-22-10-11-23(20-30)25(18-22)32-4/h5-11,18,24,30H,12-17,19-20H2,1-4H3. The van der Waals surface area contributed by atoms with Gasteiger partial charge in [-0.3, -0.25) is 4.90 Å². The largest absolute Gasteiger partial charge is 0.496 e. The van der Waals surface area contributed by atoms with Gasteiger partial charge in [-0.2, -0.15) is 0 Å². The van der Waals surface area contributed by atoms with E-state index in [9.17, 15) is 9.90 Å². The molecular formula is C27H38N2O4. The number of hydrogen-bond donors (Lipinski definition) is 1. The van der Waals surface area contributed by atoms with Gasteiger partial charge < -0.3 is 19.5 Å². The number of methoxy groups -OCH3 is 1. The van der Waals surface area contributed by atoms with Crippen LogP contribution in [0, 0.1) is 0 Å². The number of carbonyl (C=O) groups excluding carboxylic acids is 1. The number of benzene rings is 2. The molecular weight excluding hydrogens is 416 g/mol. The summed E-state index contributed by atoms with van der Waals surface area (Å²) in [5.41, 5.74) is 2.67. The van der Waals surface area contributed by atoms with Crippen LogP contribution in [0.4, 0.5) is 4.79 Å². The third kappa shape index (κ3) is 7.47. The van der Waals surface area contributed by atoms with Gasteiger partial charge in [0.15, 0.2) is 0 Å². The van der Waals surface area contributed by atoms with Crippen molar-refractivity contribution in [2.45, 2.75) is 64.8 Å². The average molecular weight is 455 g/mol. The van der Waals surface area contributed by atoms with Crippen molar-refractivity contribution in [3.8, 4) is 5.75 Å². The van der Waals surface area contributed by atoms with Crippen LogP contribution in [0.3, 0.4) is 0 Å². The first kappa shape index (κ1) is 25.1. The molecule has 2 aromatic rings. The summed E-state index contributed by atoms with van der Waals surface area (Å²) >= 11 is 0. The van der Waals surface area contributed by atoms with Crippen LogP contribution >= 0.6 is 0 Å². The molecule has 6 heteroatoms. The van der Waals surface area contributed by atoms with E-state index < -0.39 is 5.60 Å². The van der Waals surface area contributed by atoms with Gasteiger partial charge in [0.2, 0.25) is 0 Å². The van der Waals surface area contributed by atoms with Gasteiger partial charge in [-0.15, -0.1) is 0 Å². The van der Waals surface area contributed by atoms with Crippen molar-refractivity contribution in [2.75, 3.05) is 26.7 Å². The number of rotatable bonds is 8. The topological polar surface area (TPSA) is 62.2 Å². The van der Waals surface area contributed by atoms with Gasteiger partial charge in [0, 0.05) is 37.8 Å². The second-order valence-corrected chi connectivity index (χ2v) is 9.72. The van der Waals surface area contributed by atoms with Gasteiger partial charge >= 0.3 is 6.09 Å². The summed E-state index contributed by atoms with van der Waals surface area (Å²) in [7, 11) is 1.63. The molecule has 1 heterocycles. The number of hydrogen-bond acceptors (Lipinski definition) is 5. The van der Waals surface area contributed by atoms with Crippen molar-refractivity contribution in [2.24, 2.45) is 0 Å². The molecule has 0 bridgehead atoms. The first-order valence-electron chi connectivity index (χ1n) is 11.8. The van der Waals surface area contributed by atoms with Crippen molar-refractivity contribution in [3.05, 3.63) is 65.2 Å². The minimum Gasteiger partial charge on any atom is -0.496 e. The number of nitrogens with zero attached hydrogens (tertiary/aromatic N) is 2. The molecule has 33 heavy (non-hydrogen) atoms. The van der Waals surface area contributed by atoms with E-state index in [0.29, 0.717) is 6.54 Å². The number of likely N-dealkylation sites (tertiary alicyclic amines) is 1. The van der Waals surface area contributed by atoms with E-state index in [1.165, 1.54) is 5.56 Å². The van der Waals surface area contributed by atoms with E-state index in [1.807, 2.05) is 62.1 Å². The van der Waals surface area contributed by atoms with Crippen LogP contribution < -0.4 is 4.74 Å². The van der Waals surface area contributed by atoms with Crippen molar-refractivity contribution in [3.63, 3.8) is 0 Å². The molecule has 6 nitrogen and oxygen atoms in total. The lowest BCUT2D eigenvalue weighted by molar-refractivity contribution is 0.00807. The Bertz CT molecular complexity index is 887. The highest BCUT2D eigenvalue weighted by molar-refractivity contribution is 5.68. The summed E-state index contributed by atoms with van der Waals surface area (Å²) in [5.74, 6) is 0.724. The maximum absolute atomic E-state index is 13.0. The lowest BCUT2D eigenvalue weighted by atomic mass is 10.0. The van der Waals surface area contributed by atoms with E-state index in [-0.39, 0.29) is 18.7 Å². The van der Waals surface area contributed by atoms with Crippen molar-refractivity contribution >= 4 is 6.09 Å². The molecule has 0 aromatic heterocycles. The molecule has 0 saturated carbocycles. The molecule has 1 aliphatic heterocycles. The molecule has 1 aliphatic rings. The monoisotopic (exact) mass is 454 g/mol. The van der Waals surface area contributed by atoms with Gasteiger partial charge in [0.25, 0.3) is 0 Å². The zero-order valence-electron chi connectivity index (χ0n) is 20.4. The number of carbonyl (C=O) groups is 1. The number of ether oxygens (including phenoxy) is 2. The predicted molar refractivity (Wildman–Crippen MR) is 130 cm³/mol. The molecule has 180 valence electrons. The number of aliphatic hydroxyl groups excluding tert-OH is 1. The summed E-state index contributed by atoms with van der Waals surface area (Å²) in [4.78, 5) is 17.4. The molecule has 1 amide bonds. The van der Waals surface area contributed by atoms with Crippen molar-refractivity contribution in [1.82, 2.24) is 9.80 Å². The van der Waals surface area contributed by atoms with Crippen molar-refractivity contribution < 1.29 is 19.4 Å². The molecule has 2 aromatic carbocycles. The molecule has 1 N–H and O–H groups in total. The molecule has 1 saturated heterocycles. The Morgan fingerprint density at radius 2 is 1.79 bits per heavy atom. The first-order chi connectivity index (χ1) is 15.8. The molecule has 0 aliphatic carbocycles. The maximum atomic E-state index is 13.0. The van der Waals surface area contributed by atoms with Crippen LogP contribution in [0.15, 0.2) is 48.5 Å². The molecule has 0 atom stereocenters. The van der Waals surface area contributed by atoms with Gasteiger partial charge in [0.1, 0.15) is 11.4 Å². The minimum atomic E-state index is -0.511. The fourth-order valence-electron chi connectivity index (χ4n) is 4.30. The fourth-order valence-corrected chi connectivity index (χ4v) is 4.30. The Balaban J connectivity index is 1.61. The number of piperidine rings is 1. The second kappa shape index (κ2) is 11.5. The fraction of sp³-hybridized carbons (Fsp3) is 0.519. The van der Waals surface area contributed by atoms with Crippen LogP contribution in [0.25, 0.3) is 0 Å². The van der Waals surface area contributed by atoms with Crippen LogP contribution in [-0.2, 0) is 24.3 Å². The number of aliphatic hydroxyl groups is 1. The van der Waals surface area contributed by atoms with Gasteiger partial charge in [-0.25, -0.2) is 4.79 Å². The third-order valence-corrected chi connectivity index (χ3v) is 6.04. The summed E-state index contributed by atoms with van der Waals surface area (Å²) in [5, 5.41) is 9.44. The highest BCUT2D eigenvalue weighted by atomic mass is 16.6. The Hall–Kier alpha value is -2.57. The van der Waals surface area contributed by atoms with Gasteiger partial charge in [-0.1, -0.05) is 42.5 Å². The Kier molecular flexibility index (Phi) is 8.75. The molecule has 0 radical (unpaired) electrons. The zero-order chi connectivity index (χ0) is 23.8. The highest BCUT2D eigenvalue weighted by Gasteiger charge is 2.31.